The van der Waals surface area contributed by atoms with Crippen LogP contribution in [-0.2, 0) is 11.2 Å². The van der Waals surface area contributed by atoms with E-state index in [0.717, 1.165) is 37.2 Å². The molecule has 1 aliphatic rings. The zero-order chi connectivity index (χ0) is 14.4. The van der Waals surface area contributed by atoms with Gasteiger partial charge in [-0.05, 0) is 19.4 Å². The Kier molecular flexibility index (Phi) is 5.30. The highest BCUT2D eigenvalue weighted by atomic mass is 16.2. The van der Waals surface area contributed by atoms with E-state index in [1.54, 1.807) is 0 Å². The zero-order valence-electron chi connectivity index (χ0n) is 12.3. The van der Waals surface area contributed by atoms with Crippen molar-refractivity contribution in [1.29, 1.82) is 0 Å². The van der Waals surface area contributed by atoms with Gasteiger partial charge in [0.25, 0.3) is 0 Å². The number of hydrogen-bond acceptors (Lipinski definition) is 3. The van der Waals surface area contributed by atoms with Gasteiger partial charge in [-0.15, -0.1) is 0 Å². The highest BCUT2D eigenvalue weighted by Gasteiger charge is 2.17. The summed E-state index contributed by atoms with van der Waals surface area (Å²) in [4.78, 5) is 14.2. The second-order valence-electron chi connectivity index (χ2n) is 5.51. The van der Waals surface area contributed by atoms with Crippen molar-refractivity contribution in [3.05, 3.63) is 35.9 Å². The summed E-state index contributed by atoms with van der Waals surface area (Å²) in [6.07, 6.45) is 2.28. The van der Waals surface area contributed by atoms with Crippen LogP contribution in [0.4, 0.5) is 0 Å². The molecule has 1 aromatic carbocycles. The largest absolute Gasteiger partial charge is 0.300 e. The third-order valence-corrected chi connectivity index (χ3v) is 3.65. The summed E-state index contributed by atoms with van der Waals surface area (Å²) in [6.45, 7) is 6.49. The molecule has 108 valence electrons. The molecule has 0 aromatic heterocycles. The fourth-order valence-corrected chi connectivity index (χ4v) is 2.37. The van der Waals surface area contributed by atoms with Crippen molar-refractivity contribution in [2.75, 3.05) is 13.1 Å². The van der Waals surface area contributed by atoms with Crippen LogP contribution in [-0.4, -0.2) is 35.7 Å². The molecule has 0 aliphatic carbocycles. The molecule has 1 N–H and O–H groups in total. The smallest absolute Gasteiger partial charge is 0.244 e. The number of nitrogens with zero attached hydrogens (tertiary/aromatic N) is 2. The number of carbonyl (C=O) groups is 1. The van der Waals surface area contributed by atoms with Crippen LogP contribution in [0.15, 0.2) is 35.4 Å². The van der Waals surface area contributed by atoms with E-state index < -0.39 is 0 Å². The van der Waals surface area contributed by atoms with Gasteiger partial charge in [0.1, 0.15) is 0 Å². The van der Waals surface area contributed by atoms with Crippen molar-refractivity contribution < 1.29 is 4.79 Å². The molecule has 0 saturated carbocycles. The van der Waals surface area contributed by atoms with Gasteiger partial charge in [0.15, 0.2) is 0 Å². The topological polar surface area (TPSA) is 44.7 Å². The van der Waals surface area contributed by atoms with Crippen molar-refractivity contribution in [3.8, 4) is 0 Å². The fraction of sp³-hybridized carbons (Fsp3) is 0.500. The van der Waals surface area contributed by atoms with Crippen molar-refractivity contribution in [2.45, 2.75) is 39.2 Å². The van der Waals surface area contributed by atoms with Gasteiger partial charge in [0.05, 0.1) is 6.42 Å². The first-order valence-electron chi connectivity index (χ1n) is 7.27. The number of carbonyl (C=O) groups excluding carboxylic acids is 1. The Bertz CT molecular complexity index is 458. The predicted octanol–water partition coefficient (Wildman–Crippen LogP) is 2.21. The lowest BCUT2D eigenvalue weighted by Gasteiger charge is -2.30. The Morgan fingerprint density at radius 1 is 1.25 bits per heavy atom. The van der Waals surface area contributed by atoms with Gasteiger partial charge in [0, 0.05) is 37.7 Å². The first-order chi connectivity index (χ1) is 9.65. The number of hydrazone groups is 1. The SMILES string of the molecule is CC(C)N1CCC(=NNC(=O)Cc2ccccc2)CC1. The molecule has 4 heteroatoms. The minimum atomic E-state index is -0.0463. The molecule has 0 spiro atoms. The van der Waals surface area contributed by atoms with E-state index in [1.165, 1.54) is 0 Å². The first kappa shape index (κ1) is 14.7. The van der Waals surface area contributed by atoms with Gasteiger partial charge in [0.2, 0.25) is 5.91 Å². The quantitative estimate of drug-likeness (QED) is 0.855. The minimum Gasteiger partial charge on any atom is -0.300 e. The van der Waals surface area contributed by atoms with Gasteiger partial charge in [-0.3, -0.25) is 4.79 Å². The summed E-state index contributed by atoms with van der Waals surface area (Å²) in [6, 6.07) is 10.3. The van der Waals surface area contributed by atoms with E-state index in [9.17, 15) is 4.79 Å². The van der Waals surface area contributed by atoms with Crippen LogP contribution in [0, 0.1) is 0 Å². The Morgan fingerprint density at radius 2 is 1.90 bits per heavy atom. The molecule has 1 heterocycles. The highest BCUT2D eigenvalue weighted by Crippen LogP contribution is 2.10. The number of rotatable bonds is 4. The number of piperidine rings is 1. The summed E-state index contributed by atoms with van der Waals surface area (Å²) in [5, 5.41) is 4.26. The lowest BCUT2D eigenvalue weighted by Crippen LogP contribution is -2.39. The third kappa shape index (κ3) is 4.46. The van der Waals surface area contributed by atoms with Gasteiger partial charge in [-0.2, -0.15) is 5.10 Å². The first-order valence-corrected chi connectivity index (χ1v) is 7.27. The zero-order valence-corrected chi connectivity index (χ0v) is 12.3. The standard InChI is InChI=1S/C16H23N3O/c1-13(2)19-10-8-15(9-11-19)17-18-16(20)12-14-6-4-3-5-7-14/h3-7,13H,8-12H2,1-2H3,(H,18,20). The summed E-state index contributed by atoms with van der Waals surface area (Å²) >= 11 is 0. The normalized spacial score (nSPS) is 16.2. The molecule has 0 unspecified atom stereocenters. The van der Waals surface area contributed by atoms with E-state index in [-0.39, 0.29) is 5.91 Å². The predicted molar refractivity (Wildman–Crippen MR) is 81.7 cm³/mol. The monoisotopic (exact) mass is 273 g/mol. The number of hydrogen-bond donors (Lipinski definition) is 1. The maximum absolute atomic E-state index is 11.8. The van der Waals surface area contributed by atoms with Crippen molar-refractivity contribution in [1.82, 2.24) is 10.3 Å². The highest BCUT2D eigenvalue weighted by molar-refractivity contribution is 5.87. The average Bonchev–Trinajstić information content (AvgIpc) is 2.46. The lowest BCUT2D eigenvalue weighted by molar-refractivity contribution is -0.120. The van der Waals surface area contributed by atoms with Crippen molar-refractivity contribution in [3.63, 3.8) is 0 Å². The molecule has 20 heavy (non-hydrogen) atoms. The molecule has 1 aliphatic heterocycles. The fourth-order valence-electron chi connectivity index (χ4n) is 2.37. The average molecular weight is 273 g/mol. The number of nitrogens with one attached hydrogen (secondary N) is 1. The maximum Gasteiger partial charge on any atom is 0.244 e. The van der Waals surface area contributed by atoms with Gasteiger partial charge in [-0.1, -0.05) is 30.3 Å². The summed E-state index contributed by atoms with van der Waals surface area (Å²) in [5.41, 5.74) is 4.79. The third-order valence-electron chi connectivity index (χ3n) is 3.65. The van der Waals surface area contributed by atoms with E-state index in [2.05, 4.69) is 29.3 Å². The molecule has 0 bridgehead atoms. The van der Waals surface area contributed by atoms with Crippen LogP contribution < -0.4 is 5.43 Å². The molecular weight excluding hydrogens is 250 g/mol. The second-order valence-corrected chi connectivity index (χ2v) is 5.51. The van der Waals surface area contributed by atoms with E-state index >= 15 is 0 Å². The molecule has 4 nitrogen and oxygen atoms in total. The van der Waals surface area contributed by atoms with E-state index in [0.29, 0.717) is 12.5 Å². The molecule has 1 amide bonds. The molecule has 0 radical (unpaired) electrons. The number of amides is 1. The van der Waals surface area contributed by atoms with E-state index in [1.807, 2.05) is 30.3 Å². The summed E-state index contributed by atoms with van der Waals surface area (Å²) < 4.78 is 0. The van der Waals surface area contributed by atoms with Crippen molar-refractivity contribution >= 4 is 11.6 Å². The Morgan fingerprint density at radius 3 is 2.50 bits per heavy atom. The van der Waals surface area contributed by atoms with Crippen LogP contribution in [0.2, 0.25) is 0 Å². The Balaban J connectivity index is 1.77. The van der Waals surface area contributed by atoms with Crippen LogP contribution in [0.5, 0.6) is 0 Å². The number of likely N-dealkylation sites (tertiary alicyclic amines) is 1. The van der Waals surface area contributed by atoms with Crippen LogP contribution >= 0.6 is 0 Å². The van der Waals surface area contributed by atoms with Crippen molar-refractivity contribution in [2.24, 2.45) is 5.10 Å². The van der Waals surface area contributed by atoms with Crippen LogP contribution in [0.25, 0.3) is 0 Å². The summed E-state index contributed by atoms with van der Waals surface area (Å²) in [7, 11) is 0. The van der Waals surface area contributed by atoms with Gasteiger partial charge >= 0.3 is 0 Å². The minimum absolute atomic E-state index is 0.0463. The molecular formula is C16H23N3O. The molecule has 1 fully saturated rings. The molecule has 2 rings (SSSR count). The van der Waals surface area contributed by atoms with E-state index in [4.69, 9.17) is 0 Å². The Hall–Kier alpha value is -1.68. The molecule has 0 atom stereocenters. The van der Waals surface area contributed by atoms with Gasteiger partial charge in [-0.25, -0.2) is 5.43 Å². The maximum atomic E-state index is 11.8. The van der Waals surface area contributed by atoms with Gasteiger partial charge < -0.3 is 4.90 Å². The second kappa shape index (κ2) is 7.20. The van der Waals surface area contributed by atoms with Crippen LogP contribution in [0.1, 0.15) is 32.3 Å². The van der Waals surface area contributed by atoms with Crippen LogP contribution in [0.3, 0.4) is 0 Å². The Labute approximate surface area is 120 Å². The lowest BCUT2D eigenvalue weighted by atomic mass is 10.1. The summed E-state index contributed by atoms with van der Waals surface area (Å²) in [5.74, 6) is -0.0463. The molecule has 1 saturated heterocycles. The molecule has 1 aromatic rings. The number of benzene rings is 1.